The van der Waals surface area contributed by atoms with Crippen LogP contribution in [0.4, 0.5) is 10.1 Å². The normalized spacial score (nSPS) is 11.4. The molecule has 0 aliphatic rings. The van der Waals surface area contributed by atoms with Crippen molar-refractivity contribution in [2.45, 2.75) is 11.5 Å². The number of methoxy groups -OCH3 is 1. The van der Waals surface area contributed by atoms with Gasteiger partial charge >= 0.3 is 0 Å². The number of para-hydroxylation sites is 1. The zero-order chi connectivity index (χ0) is 30.3. The van der Waals surface area contributed by atoms with Gasteiger partial charge in [-0.25, -0.2) is 18.2 Å². The first kappa shape index (κ1) is 31.3. The van der Waals surface area contributed by atoms with Crippen LogP contribution in [0.3, 0.4) is 0 Å². The number of carbonyl (C=O) groups is 1. The van der Waals surface area contributed by atoms with E-state index in [-0.39, 0.29) is 17.2 Å². The Morgan fingerprint density at radius 2 is 1.76 bits per heavy atom. The first-order valence-electron chi connectivity index (χ1n) is 12.2. The monoisotopic (exact) mass is 693 g/mol. The van der Waals surface area contributed by atoms with E-state index in [0.29, 0.717) is 35.9 Å². The molecule has 0 aromatic heterocycles. The molecule has 0 aliphatic carbocycles. The fourth-order valence-electron chi connectivity index (χ4n) is 3.76. The average Bonchev–Trinajstić information content (AvgIpc) is 2.97. The number of benzene rings is 4. The lowest BCUT2D eigenvalue weighted by atomic mass is 10.2. The molecule has 8 nitrogen and oxygen atoms in total. The summed E-state index contributed by atoms with van der Waals surface area (Å²) in [6.07, 6.45) is 1.34. The van der Waals surface area contributed by atoms with E-state index >= 15 is 0 Å². The van der Waals surface area contributed by atoms with Gasteiger partial charge in [0.1, 0.15) is 19.0 Å². The Bertz CT molecular complexity index is 1730. The fourth-order valence-corrected chi connectivity index (χ4v) is 6.25. The van der Waals surface area contributed by atoms with E-state index in [1.807, 2.05) is 0 Å². The van der Waals surface area contributed by atoms with Crippen molar-refractivity contribution in [3.05, 3.63) is 116 Å². The molecule has 0 fully saturated rings. The molecule has 1 amide bonds. The number of hydrazone groups is 1. The zero-order valence-electron chi connectivity index (χ0n) is 21.9. The fraction of sp³-hybridized carbons (Fsp3) is 0.103. The molecular weight excluding hydrogens is 672 g/mol. The Morgan fingerprint density at radius 1 is 1.05 bits per heavy atom. The summed E-state index contributed by atoms with van der Waals surface area (Å²) in [5, 5.41) is 4.91. The summed E-state index contributed by atoms with van der Waals surface area (Å²) >= 11 is 15.6. The van der Waals surface area contributed by atoms with Gasteiger partial charge in [0, 0.05) is 15.6 Å². The molecule has 1 N–H and O–H groups in total. The average molecular weight is 695 g/mol. The predicted molar refractivity (Wildman–Crippen MR) is 165 cm³/mol. The number of sulfonamides is 1. The van der Waals surface area contributed by atoms with Crippen LogP contribution in [0.25, 0.3) is 0 Å². The first-order valence-corrected chi connectivity index (χ1v) is 15.2. The van der Waals surface area contributed by atoms with E-state index in [4.69, 9.17) is 32.7 Å². The number of carbonyl (C=O) groups excluding carboxylic acids is 1. The molecule has 0 saturated carbocycles. The number of halogens is 4. The van der Waals surface area contributed by atoms with Crippen LogP contribution in [-0.4, -0.2) is 34.2 Å². The van der Waals surface area contributed by atoms with Crippen molar-refractivity contribution in [2.24, 2.45) is 5.10 Å². The lowest BCUT2D eigenvalue weighted by Gasteiger charge is -2.24. The molecule has 0 bridgehead atoms. The van der Waals surface area contributed by atoms with Gasteiger partial charge in [0.2, 0.25) is 0 Å². The number of rotatable bonds is 11. The summed E-state index contributed by atoms with van der Waals surface area (Å²) in [7, 11) is -2.80. The Hall–Kier alpha value is -3.64. The van der Waals surface area contributed by atoms with Gasteiger partial charge in [0.25, 0.3) is 15.9 Å². The van der Waals surface area contributed by atoms with Crippen molar-refractivity contribution in [3.8, 4) is 11.5 Å². The number of anilines is 1. The van der Waals surface area contributed by atoms with Crippen molar-refractivity contribution >= 4 is 67.0 Å². The summed E-state index contributed by atoms with van der Waals surface area (Å²) in [6, 6.07) is 21.1. The third kappa shape index (κ3) is 7.60. The number of amides is 1. The second-order valence-corrected chi connectivity index (χ2v) is 12.2. The lowest BCUT2D eigenvalue weighted by Crippen LogP contribution is -2.40. The Labute approximate surface area is 260 Å². The van der Waals surface area contributed by atoms with Crippen molar-refractivity contribution in [1.82, 2.24) is 5.43 Å². The number of ether oxygens (including phenoxy) is 2. The summed E-state index contributed by atoms with van der Waals surface area (Å²) in [4.78, 5) is 12.7. The van der Waals surface area contributed by atoms with Gasteiger partial charge in [-0.1, -0.05) is 59.6 Å². The van der Waals surface area contributed by atoms with Gasteiger partial charge < -0.3 is 9.47 Å². The highest BCUT2D eigenvalue weighted by Gasteiger charge is 2.29. The Balaban J connectivity index is 1.49. The Morgan fingerprint density at radius 3 is 2.45 bits per heavy atom. The van der Waals surface area contributed by atoms with Crippen LogP contribution in [0.5, 0.6) is 11.5 Å². The van der Waals surface area contributed by atoms with Crippen LogP contribution in [0.15, 0.2) is 99.4 Å². The number of nitrogens with one attached hydrogen (secondary N) is 1. The van der Waals surface area contributed by atoms with Crippen LogP contribution in [0, 0.1) is 5.82 Å². The highest BCUT2D eigenvalue weighted by Crippen LogP contribution is 2.37. The third-order valence-electron chi connectivity index (χ3n) is 5.78. The molecule has 0 atom stereocenters. The smallest absolute Gasteiger partial charge is 0.264 e. The van der Waals surface area contributed by atoms with Crippen molar-refractivity contribution in [2.75, 3.05) is 18.0 Å². The minimum absolute atomic E-state index is 0.0952. The van der Waals surface area contributed by atoms with Gasteiger partial charge in [-0.3, -0.25) is 9.10 Å². The molecule has 218 valence electrons. The second kappa shape index (κ2) is 14.0. The largest absolute Gasteiger partial charge is 0.493 e. The maximum Gasteiger partial charge on any atom is 0.264 e. The van der Waals surface area contributed by atoms with Crippen molar-refractivity contribution < 1.29 is 27.1 Å². The molecule has 4 rings (SSSR count). The molecule has 0 spiro atoms. The molecular formula is C29H23BrCl2FN3O5S. The SMILES string of the molecule is COc1cc(/C=N\NC(=O)CN(c2ccccc2F)S(=O)(=O)c2ccccc2)cc(Br)c1OCc1ccc(Cl)cc1Cl. The number of hydrogen-bond donors (Lipinski definition) is 1. The summed E-state index contributed by atoms with van der Waals surface area (Å²) in [5.41, 5.74) is 3.27. The van der Waals surface area contributed by atoms with Crippen molar-refractivity contribution in [1.29, 1.82) is 0 Å². The highest BCUT2D eigenvalue weighted by molar-refractivity contribution is 9.10. The number of nitrogens with zero attached hydrogens (tertiary/aromatic N) is 2. The van der Waals surface area contributed by atoms with Crippen molar-refractivity contribution in [3.63, 3.8) is 0 Å². The molecule has 0 radical (unpaired) electrons. The van der Waals surface area contributed by atoms with Crippen LogP contribution >= 0.6 is 39.1 Å². The van der Waals surface area contributed by atoms with Gasteiger partial charge in [0.05, 0.1) is 28.4 Å². The Kier molecular flexibility index (Phi) is 10.4. The molecule has 0 unspecified atom stereocenters. The van der Waals surface area contributed by atoms with E-state index in [9.17, 15) is 17.6 Å². The standard InChI is InChI=1S/C29H23BrCl2FN3O5S/c1-40-27-14-19(13-23(30)29(27)41-18-20-11-12-21(31)15-24(20)32)16-34-35-28(37)17-36(26-10-6-5-9-25(26)33)42(38,39)22-7-3-2-4-8-22/h2-16H,17-18H2,1H3,(H,35,37)/b34-16-. The lowest BCUT2D eigenvalue weighted by molar-refractivity contribution is -0.119. The maximum atomic E-state index is 14.6. The third-order valence-corrected chi connectivity index (χ3v) is 8.73. The zero-order valence-corrected chi connectivity index (χ0v) is 25.8. The van der Waals surface area contributed by atoms with Crippen LogP contribution < -0.4 is 19.2 Å². The van der Waals surface area contributed by atoms with Crippen LogP contribution in [0.1, 0.15) is 11.1 Å². The summed E-state index contributed by atoms with van der Waals surface area (Å²) in [5.74, 6) is -0.802. The summed E-state index contributed by atoms with van der Waals surface area (Å²) < 4.78 is 53.9. The van der Waals surface area contributed by atoms with E-state index < -0.39 is 28.3 Å². The molecule has 0 saturated heterocycles. The maximum absolute atomic E-state index is 14.6. The van der Waals surface area contributed by atoms with E-state index in [2.05, 4.69) is 26.5 Å². The number of hydrogen-bond acceptors (Lipinski definition) is 6. The van der Waals surface area contributed by atoms with Gasteiger partial charge in [0.15, 0.2) is 11.5 Å². The molecule has 4 aromatic rings. The van der Waals surface area contributed by atoms with Gasteiger partial charge in [-0.05, 0) is 70.0 Å². The van der Waals surface area contributed by atoms with E-state index in [1.54, 1.807) is 36.4 Å². The predicted octanol–water partition coefficient (Wildman–Crippen LogP) is 6.83. The highest BCUT2D eigenvalue weighted by atomic mass is 79.9. The minimum atomic E-state index is -4.27. The van der Waals surface area contributed by atoms with Gasteiger partial charge in [-0.15, -0.1) is 0 Å². The molecule has 0 aliphatic heterocycles. The van der Waals surface area contributed by atoms with E-state index in [1.165, 1.54) is 55.8 Å². The second-order valence-electron chi connectivity index (χ2n) is 8.63. The quantitative estimate of drug-likeness (QED) is 0.137. The first-order chi connectivity index (χ1) is 20.1. The molecule has 42 heavy (non-hydrogen) atoms. The molecule has 4 aromatic carbocycles. The topological polar surface area (TPSA) is 97.3 Å². The molecule has 0 heterocycles. The molecule has 13 heteroatoms. The summed E-state index contributed by atoms with van der Waals surface area (Å²) in [6.45, 7) is -0.568. The van der Waals surface area contributed by atoms with Gasteiger partial charge in [-0.2, -0.15) is 5.10 Å². The van der Waals surface area contributed by atoms with E-state index in [0.717, 1.165) is 11.6 Å². The van der Waals surface area contributed by atoms with Crippen LogP contribution in [-0.2, 0) is 21.4 Å². The van der Waals surface area contributed by atoms with Crippen LogP contribution in [0.2, 0.25) is 10.0 Å². The minimum Gasteiger partial charge on any atom is -0.493 e.